The fourth-order valence-corrected chi connectivity index (χ4v) is 1.79. The van der Waals surface area contributed by atoms with E-state index in [4.69, 9.17) is 0 Å². The molecule has 0 aliphatic carbocycles. The Hall–Kier alpha value is -2.36. The number of benzene rings is 1. The molecule has 1 N–H and O–H groups in total. The summed E-state index contributed by atoms with van der Waals surface area (Å²) in [5.41, 5.74) is 2.40. The highest BCUT2D eigenvalue weighted by atomic mass is 19.1. The Balaban J connectivity index is 2.17. The third-order valence-electron chi connectivity index (χ3n) is 2.64. The first-order valence-electron chi connectivity index (χ1n) is 5.19. The SMILES string of the molecule is O=c1ccn2cc(-c3ccc(F)cc3)[nH]c2c1. The Kier molecular flexibility index (Phi) is 2.08. The van der Waals surface area contributed by atoms with E-state index in [-0.39, 0.29) is 11.2 Å². The molecule has 0 saturated heterocycles. The maximum atomic E-state index is 12.8. The Morgan fingerprint density at radius 1 is 1.12 bits per heavy atom. The molecule has 0 spiro atoms. The molecule has 0 saturated carbocycles. The molecule has 17 heavy (non-hydrogen) atoms. The van der Waals surface area contributed by atoms with E-state index in [0.717, 1.165) is 16.9 Å². The normalized spacial score (nSPS) is 10.9. The summed E-state index contributed by atoms with van der Waals surface area (Å²) in [5.74, 6) is -0.264. The van der Waals surface area contributed by atoms with E-state index in [2.05, 4.69) is 4.98 Å². The van der Waals surface area contributed by atoms with Crippen LogP contribution in [0, 0.1) is 5.82 Å². The number of nitrogens with one attached hydrogen (secondary N) is 1. The van der Waals surface area contributed by atoms with Gasteiger partial charge in [0.15, 0.2) is 5.43 Å². The average molecular weight is 228 g/mol. The second-order valence-corrected chi connectivity index (χ2v) is 3.83. The van der Waals surface area contributed by atoms with Crippen molar-refractivity contribution >= 4 is 5.65 Å². The van der Waals surface area contributed by atoms with Crippen LogP contribution in [0.1, 0.15) is 0 Å². The number of aromatic nitrogens is 2. The first kappa shape index (κ1) is 9.84. The Labute approximate surface area is 96.2 Å². The lowest BCUT2D eigenvalue weighted by molar-refractivity contribution is 0.628. The molecule has 1 aromatic carbocycles. The molecule has 4 heteroatoms. The minimum Gasteiger partial charge on any atom is -0.340 e. The summed E-state index contributed by atoms with van der Waals surface area (Å²) in [4.78, 5) is 14.3. The molecule has 0 amide bonds. The minimum atomic E-state index is -0.264. The van der Waals surface area contributed by atoms with Crippen LogP contribution in [0.4, 0.5) is 4.39 Å². The van der Waals surface area contributed by atoms with Gasteiger partial charge in [0.2, 0.25) is 0 Å². The number of hydrogen-bond donors (Lipinski definition) is 1. The molecular weight excluding hydrogens is 219 g/mol. The van der Waals surface area contributed by atoms with E-state index in [1.54, 1.807) is 18.3 Å². The number of aromatic amines is 1. The Morgan fingerprint density at radius 3 is 2.65 bits per heavy atom. The van der Waals surface area contributed by atoms with E-state index in [0.29, 0.717) is 0 Å². The van der Waals surface area contributed by atoms with Crippen molar-refractivity contribution in [2.75, 3.05) is 0 Å². The molecule has 84 valence electrons. The van der Waals surface area contributed by atoms with Crippen molar-refractivity contribution in [3.05, 3.63) is 64.8 Å². The van der Waals surface area contributed by atoms with Crippen LogP contribution in [0.3, 0.4) is 0 Å². The molecule has 2 aromatic heterocycles. The van der Waals surface area contributed by atoms with Gasteiger partial charge in [-0.25, -0.2) is 4.39 Å². The van der Waals surface area contributed by atoms with Crippen LogP contribution in [-0.2, 0) is 0 Å². The van der Waals surface area contributed by atoms with Crippen LogP contribution in [0.2, 0.25) is 0 Å². The summed E-state index contributed by atoms with van der Waals surface area (Å²) in [5, 5.41) is 0. The second-order valence-electron chi connectivity index (χ2n) is 3.83. The molecule has 0 fully saturated rings. The molecular formula is C13H9FN2O. The van der Waals surface area contributed by atoms with Crippen molar-refractivity contribution in [3.8, 4) is 11.3 Å². The van der Waals surface area contributed by atoms with Crippen molar-refractivity contribution in [3.63, 3.8) is 0 Å². The zero-order valence-corrected chi connectivity index (χ0v) is 8.85. The number of fused-ring (bicyclic) bond motifs is 1. The van der Waals surface area contributed by atoms with E-state index in [1.165, 1.54) is 24.3 Å². The van der Waals surface area contributed by atoms with Gasteiger partial charge in [-0.3, -0.25) is 4.79 Å². The number of halogens is 1. The fraction of sp³-hybridized carbons (Fsp3) is 0. The van der Waals surface area contributed by atoms with Crippen molar-refractivity contribution in [1.29, 1.82) is 0 Å². The highest BCUT2D eigenvalue weighted by Gasteiger charge is 2.02. The first-order valence-corrected chi connectivity index (χ1v) is 5.19. The summed E-state index contributed by atoms with van der Waals surface area (Å²) in [6, 6.07) is 9.22. The lowest BCUT2D eigenvalue weighted by Gasteiger charge is -1.95. The summed E-state index contributed by atoms with van der Waals surface area (Å²) < 4.78 is 14.6. The maximum absolute atomic E-state index is 12.8. The van der Waals surface area contributed by atoms with E-state index < -0.39 is 0 Å². The van der Waals surface area contributed by atoms with Crippen molar-refractivity contribution in [1.82, 2.24) is 9.38 Å². The van der Waals surface area contributed by atoms with E-state index >= 15 is 0 Å². The lowest BCUT2D eigenvalue weighted by atomic mass is 10.2. The quantitative estimate of drug-likeness (QED) is 0.682. The smallest absolute Gasteiger partial charge is 0.183 e. The predicted molar refractivity (Wildman–Crippen MR) is 63.4 cm³/mol. The lowest BCUT2D eigenvalue weighted by Crippen LogP contribution is -1.97. The third kappa shape index (κ3) is 1.73. The van der Waals surface area contributed by atoms with Crippen LogP contribution < -0.4 is 5.43 Å². The summed E-state index contributed by atoms with van der Waals surface area (Å²) in [7, 11) is 0. The maximum Gasteiger partial charge on any atom is 0.183 e. The highest BCUT2D eigenvalue weighted by Crippen LogP contribution is 2.18. The molecule has 0 aliphatic rings. The molecule has 3 nitrogen and oxygen atoms in total. The molecule has 0 aliphatic heterocycles. The van der Waals surface area contributed by atoms with Crippen molar-refractivity contribution in [2.45, 2.75) is 0 Å². The molecule has 0 bridgehead atoms. The topological polar surface area (TPSA) is 37.3 Å². The van der Waals surface area contributed by atoms with Crippen LogP contribution >= 0.6 is 0 Å². The first-order chi connectivity index (χ1) is 8.22. The standard InChI is InChI=1S/C13H9FN2O/c14-10-3-1-9(2-4-10)12-8-16-6-5-11(17)7-13(16)15-12/h1-8,15H. The van der Waals surface area contributed by atoms with Gasteiger partial charge >= 0.3 is 0 Å². The monoisotopic (exact) mass is 228 g/mol. The number of hydrogen-bond acceptors (Lipinski definition) is 1. The zero-order valence-electron chi connectivity index (χ0n) is 8.85. The molecule has 3 aromatic rings. The number of rotatable bonds is 1. The number of H-pyrrole nitrogens is 1. The number of nitrogens with zero attached hydrogens (tertiary/aromatic N) is 1. The minimum absolute atomic E-state index is 0.0440. The molecule has 3 rings (SSSR count). The van der Waals surface area contributed by atoms with E-state index in [1.807, 2.05) is 10.6 Å². The van der Waals surface area contributed by atoms with Gasteiger partial charge in [-0.1, -0.05) is 0 Å². The Bertz CT molecular complexity index is 725. The average Bonchev–Trinajstić information content (AvgIpc) is 2.72. The van der Waals surface area contributed by atoms with Crippen LogP contribution in [0.5, 0.6) is 0 Å². The van der Waals surface area contributed by atoms with Crippen molar-refractivity contribution in [2.24, 2.45) is 0 Å². The zero-order chi connectivity index (χ0) is 11.8. The van der Waals surface area contributed by atoms with Gasteiger partial charge in [-0.05, 0) is 29.8 Å². The van der Waals surface area contributed by atoms with Gasteiger partial charge < -0.3 is 9.38 Å². The summed E-state index contributed by atoms with van der Waals surface area (Å²) in [6.07, 6.45) is 3.56. The molecule has 0 unspecified atom stereocenters. The number of pyridine rings is 1. The molecule has 2 heterocycles. The van der Waals surface area contributed by atoms with Gasteiger partial charge in [0, 0.05) is 24.5 Å². The van der Waals surface area contributed by atoms with Gasteiger partial charge in [-0.15, -0.1) is 0 Å². The number of imidazole rings is 1. The molecule has 0 radical (unpaired) electrons. The Morgan fingerprint density at radius 2 is 1.88 bits per heavy atom. The molecule has 0 atom stereocenters. The van der Waals surface area contributed by atoms with Crippen LogP contribution in [0.15, 0.2) is 53.6 Å². The van der Waals surface area contributed by atoms with Gasteiger partial charge in [-0.2, -0.15) is 0 Å². The predicted octanol–water partition coefficient (Wildman–Crippen LogP) is 2.43. The van der Waals surface area contributed by atoms with Gasteiger partial charge in [0.1, 0.15) is 11.5 Å². The third-order valence-corrected chi connectivity index (χ3v) is 2.64. The highest BCUT2D eigenvalue weighted by molar-refractivity contribution is 5.62. The largest absolute Gasteiger partial charge is 0.340 e. The second kappa shape index (κ2) is 3.59. The van der Waals surface area contributed by atoms with Crippen molar-refractivity contribution < 1.29 is 4.39 Å². The van der Waals surface area contributed by atoms with Gasteiger partial charge in [0.05, 0.1) is 5.69 Å². The summed E-state index contributed by atoms with van der Waals surface area (Å²) >= 11 is 0. The van der Waals surface area contributed by atoms with Crippen LogP contribution in [0.25, 0.3) is 16.9 Å². The van der Waals surface area contributed by atoms with Gasteiger partial charge in [0.25, 0.3) is 0 Å². The van der Waals surface area contributed by atoms with E-state index in [9.17, 15) is 9.18 Å². The van der Waals surface area contributed by atoms with Crippen LogP contribution in [-0.4, -0.2) is 9.38 Å². The summed E-state index contributed by atoms with van der Waals surface area (Å²) in [6.45, 7) is 0. The fourth-order valence-electron chi connectivity index (χ4n) is 1.79.